The second kappa shape index (κ2) is 5.33. The SMILES string of the molecule is N#Cc1ccc(SC[C@H]2CC[C@@H](N)C2)nc1. The lowest BCUT2D eigenvalue weighted by molar-refractivity contribution is 0.603. The summed E-state index contributed by atoms with van der Waals surface area (Å²) >= 11 is 1.76. The Morgan fingerprint density at radius 3 is 2.94 bits per heavy atom. The van der Waals surface area contributed by atoms with Crippen LogP contribution in [0.2, 0.25) is 0 Å². The zero-order chi connectivity index (χ0) is 11.4. The zero-order valence-corrected chi connectivity index (χ0v) is 9.91. The summed E-state index contributed by atoms with van der Waals surface area (Å²) in [5, 5.41) is 9.65. The third kappa shape index (κ3) is 2.97. The Kier molecular flexibility index (Phi) is 3.81. The van der Waals surface area contributed by atoms with Crippen molar-refractivity contribution in [3.63, 3.8) is 0 Å². The van der Waals surface area contributed by atoms with Gasteiger partial charge >= 0.3 is 0 Å². The van der Waals surface area contributed by atoms with Gasteiger partial charge in [0.05, 0.1) is 10.6 Å². The molecule has 0 spiro atoms. The fourth-order valence-electron chi connectivity index (χ4n) is 2.00. The normalized spacial score (nSPS) is 24.2. The molecule has 0 radical (unpaired) electrons. The molecule has 1 aliphatic carbocycles. The summed E-state index contributed by atoms with van der Waals surface area (Å²) < 4.78 is 0. The summed E-state index contributed by atoms with van der Waals surface area (Å²) in [5.41, 5.74) is 6.49. The number of aromatic nitrogens is 1. The minimum absolute atomic E-state index is 0.402. The van der Waals surface area contributed by atoms with Crippen LogP contribution >= 0.6 is 11.8 Å². The topological polar surface area (TPSA) is 62.7 Å². The number of hydrogen-bond donors (Lipinski definition) is 1. The fourth-order valence-corrected chi connectivity index (χ4v) is 3.00. The highest BCUT2D eigenvalue weighted by Crippen LogP contribution is 2.29. The third-order valence-corrected chi connectivity index (χ3v) is 4.09. The van der Waals surface area contributed by atoms with E-state index in [1.807, 2.05) is 12.1 Å². The van der Waals surface area contributed by atoms with E-state index in [0.29, 0.717) is 11.6 Å². The van der Waals surface area contributed by atoms with Crippen LogP contribution in [0.25, 0.3) is 0 Å². The highest BCUT2D eigenvalue weighted by atomic mass is 32.2. The van der Waals surface area contributed by atoms with Gasteiger partial charge in [0.25, 0.3) is 0 Å². The van der Waals surface area contributed by atoms with E-state index in [1.54, 1.807) is 18.0 Å². The Labute approximate surface area is 100 Å². The minimum Gasteiger partial charge on any atom is -0.328 e. The second-order valence-electron chi connectivity index (χ2n) is 4.25. The smallest absolute Gasteiger partial charge is 0.101 e. The first-order valence-electron chi connectivity index (χ1n) is 5.52. The summed E-state index contributed by atoms with van der Waals surface area (Å²) in [6.07, 6.45) is 5.17. The first kappa shape index (κ1) is 11.4. The van der Waals surface area contributed by atoms with Gasteiger partial charge in [-0.2, -0.15) is 5.26 Å². The molecule has 4 heteroatoms. The van der Waals surface area contributed by atoms with Crippen LogP contribution in [0.5, 0.6) is 0 Å². The van der Waals surface area contributed by atoms with Gasteiger partial charge in [0.1, 0.15) is 6.07 Å². The van der Waals surface area contributed by atoms with E-state index < -0.39 is 0 Å². The minimum atomic E-state index is 0.402. The lowest BCUT2D eigenvalue weighted by Crippen LogP contribution is -2.15. The molecule has 3 nitrogen and oxygen atoms in total. The van der Waals surface area contributed by atoms with Crippen LogP contribution in [0.15, 0.2) is 23.4 Å². The maximum Gasteiger partial charge on any atom is 0.101 e. The molecule has 16 heavy (non-hydrogen) atoms. The summed E-state index contributed by atoms with van der Waals surface area (Å²) in [7, 11) is 0. The molecule has 0 aromatic carbocycles. The Morgan fingerprint density at radius 1 is 1.50 bits per heavy atom. The number of pyridine rings is 1. The predicted octanol–water partition coefficient (Wildman–Crippen LogP) is 2.17. The molecular weight excluding hydrogens is 218 g/mol. The van der Waals surface area contributed by atoms with Gasteiger partial charge in [-0.25, -0.2) is 4.98 Å². The van der Waals surface area contributed by atoms with E-state index in [2.05, 4.69) is 11.1 Å². The number of nitrogens with two attached hydrogens (primary N) is 1. The van der Waals surface area contributed by atoms with Gasteiger partial charge in [-0.15, -0.1) is 11.8 Å². The maximum atomic E-state index is 8.65. The van der Waals surface area contributed by atoms with Crippen molar-refractivity contribution < 1.29 is 0 Å². The monoisotopic (exact) mass is 233 g/mol. The van der Waals surface area contributed by atoms with E-state index in [-0.39, 0.29) is 0 Å². The molecule has 2 N–H and O–H groups in total. The highest BCUT2D eigenvalue weighted by Gasteiger charge is 2.21. The van der Waals surface area contributed by atoms with E-state index in [9.17, 15) is 0 Å². The molecule has 2 atom stereocenters. The van der Waals surface area contributed by atoms with Crippen LogP contribution in [0.1, 0.15) is 24.8 Å². The van der Waals surface area contributed by atoms with E-state index in [1.165, 1.54) is 6.42 Å². The molecule has 1 aliphatic rings. The quantitative estimate of drug-likeness (QED) is 0.813. The van der Waals surface area contributed by atoms with Crippen molar-refractivity contribution in [3.05, 3.63) is 23.9 Å². The van der Waals surface area contributed by atoms with Gasteiger partial charge in [-0.05, 0) is 37.3 Å². The van der Waals surface area contributed by atoms with Crippen LogP contribution in [-0.2, 0) is 0 Å². The molecule has 0 bridgehead atoms. The van der Waals surface area contributed by atoms with Crippen LogP contribution in [0.4, 0.5) is 0 Å². The third-order valence-electron chi connectivity index (χ3n) is 2.91. The lowest BCUT2D eigenvalue weighted by atomic mass is 10.1. The predicted molar refractivity (Wildman–Crippen MR) is 65.0 cm³/mol. The van der Waals surface area contributed by atoms with Crippen LogP contribution in [-0.4, -0.2) is 16.8 Å². The van der Waals surface area contributed by atoms with Crippen molar-refractivity contribution in [1.29, 1.82) is 5.26 Å². The average molecular weight is 233 g/mol. The Bertz CT molecular complexity index is 382. The number of hydrogen-bond acceptors (Lipinski definition) is 4. The summed E-state index contributed by atoms with van der Waals surface area (Å²) in [6, 6.07) is 6.20. The van der Waals surface area contributed by atoms with Crippen molar-refractivity contribution in [2.75, 3.05) is 5.75 Å². The average Bonchev–Trinajstić information content (AvgIpc) is 2.73. The molecule has 1 aromatic rings. The van der Waals surface area contributed by atoms with Crippen LogP contribution in [0, 0.1) is 17.2 Å². The molecule has 0 aliphatic heterocycles. The number of nitriles is 1. The van der Waals surface area contributed by atoms with Gasteiger partial charge in [0.2, 0.25) is 0 Å². The van der Waals surface area contributed by atoms with E-state index in [0.717, 1.165) is 29.5 Å². The summed E-state index contributed by atoms with van der Waals surface area (Å²) in [5.74, 6) is 1.82. The van der Waals surface area contributed by atoms with Gasteiger partial charge in [-0.1, -0.05) is 0 Å². The Balaban J connectivity index is 1.83. The summed E-state index contributed by atoms with van der Waals surface area (Å²) in [4.78, 5) is 4.24. The van der Waals surface area contributed by atoms with Gasteiger partial charge < -0.3 is 5.73 Å². The Hall–Kier alpha value is -1.05. The molecule has 2 rings (SSSR count). The van der Waals surface area contributed by atoms with Crippen molar-refractivity contribution >= 4 is 11.8 Å². The van der Waals surface area contributed by atoms with E-state index >= 15 is 0 Å². The highest BCUT2D eigenvalue weighted by molar-refractivity contribution is 7.99. The largest absolute Gasteiger partial charge is 0.328 e. The first-order valence-corrected chi connectivity index (χ1v) is 6.51. The fraction of sp³-hybridized carbons (Fsp3) is 0.500. The Morgan fingerprint density at radius 2 is 2.38 bits per heavy atom. The molecule has 1 aromatic heterocycles. The molecule has 84 valence electrons. The number of nitrogens with zero attached hydrogens (tertiary/aromatic N) is 2. The van der Waals surface area contributed by atoms with Crippen LogP contribution < -0.4 is 5.73 Å². The molecule has 0 amide bonds. The van der Waals surface area contributed by atoms with Crippen molar-refractivity contribution in [2.45, 2.75) is 30.3 Å². The van der Waals surface area contributed by atoms with Crippen molar-refractivity contribution in [1.82, 2.24) is 4.98 Å². The standard InChI is InChI=1S/C12H15N3S/c13-6-10-2-4-12(15-7-10)16-8-9-1-3-11(14)5-9/h2,4,7,9,11H,1,3,5,8,14H2/t9-,11+/m0/s1. The number of rotatable bonds is 3. The first-order chi connectivity index (χ1) is 7.78. The van der Waals surface area contributed by atoms with Crippen LogP contribution in [0.3, 0.4) is 0 Å². The molecule has 0 saturated heterocycles. The maximum absolute atomic E-state index is 8.65. The van der Waals surface area contributed by atoms with Gasteiger partial charge in [-0.3, -0.25) is 0 Å². The van der Waals surface area contributed by atoms with Crippen molar-refractivity contribution in [3.8, 4) is 6.07 Å². The van der Waals surface area contributed by atoms with Gasteiger partial charge in [0.15, 0.2) is 0 Å². The zero-order valence-electron chi connectivity index (χ0n) is 9.10. The van der Waals surface area contributed by atoms with E-state index in [4.69, 9.17) is 11.0 Å². The lowest BCUT2D eigenvalue weighted by Gasteiger charge is -2.07. The molecule has 0 unspecified atom stereocenters. The van der Waals surface area contributed by atoms with Gasteiger partial charge in [0, 0.05) is 18.0 Å². The molecule has 1 fully saturated rings. The van der Waals surface area contributed by atoms with Crippen molar-refractivity contribution in [2.24, 2.45) is 11.7 Å². The number of thioether (sulfide) groups is 1. The molecular formula is C12H15N3S. The molecule has 1 saturated carbocycles. The second-order valence-corrected chi connectivity index (χ2v) is 5.29. The summed E-state index contributed by atoms with van der Waals surface area (Å²) in [6.45, 7) is 0. The molecule has 1 heterocycles.